The van der Waals surface area contributed by atoms with Crippen LogP contribution in [0.1, 0.15) is 6.42 Å². The van der Waals surface area contributed by atoms with Crippen molar-refractivity contribution in [1.82, 2.24) is 10.2 Å². The summed E-state index contributed by atoms with van der Waals surface area (Å²) >= 11 is 0. The molecule has 1 aliphatic rings. The van der Waals surface area contributed by atoms with Gasteiger partial charge >= 0.3 is 6.18 Å². The molecule has 0 aromatic rings. The fourth-order valence-electron chi connectivity index (χ4n) is 1.53. The Bertz CT molecular complexity index is 321. The Morgan fingerprint density at radius 3 is 2.53 bits per heavy atom. The van der Waals surface area contributed by atoms with E-state index in [1.165, 1.54) is 13.3 Å². The number of alkyl halides is 3. The van der Waals surface area contributed by atoms with Gasteiger partial charge in [-0.05, 0) is 32.2 Å². The molecular formula is C11H17F3N2O. The van der Waals surface area contributed by atoms with E-state index in [2.05, 4.69) is 5.32 Å². The van der Waals surface area contributed by atoms with Crippen LogP contribution in [0, 0.1) is 0 Å². The van der Waals surface area contributed by atoms with E-state index in [1.54, 1.807) is 0 Å². The highest BCUT2D eigenvalue weighted by Gasteiger charge is 2.37. The Labute approximate surface area is 98.9 Å². The third-order valence-electron chi connectivity index (χ3n) is 2.47. The lowest BCUT2D eigenvalue weighted by molar-refractivity contribution is -0.0913. The van der Waals surface area contributed by atoms with E-state index in [1.807, 2.05) is 19.0 Å². The number of ether oxygens (including phenoxy) is 1. The van der Waals surface area contributed by atoms with Crippen LogP contribution in [0.25, 0.3) is 0 Å². The van der Waals surface area contributed by atoms with Crippen LogP contribution in [0.15, 0.2) is 23.4 Å². The zero-order valence-corrected chi connectivity index (χ0v) is 10.1. The van der Waals surface area contributed by atoms with Crippen LogP contribution in [-0.4, -0.2) is 45.1 Å². The molecule has 1 unspecified atom stereocenters. The van der Waals surface area contributed by atoms with Gasteiger partial charge in [0.25, 0.3) is 0 Å². The van der Waals surface area contributed by atoms with Crippen molar-refractivity contribution in [3.8, 4) is 0 Å². The summed E-state index contributed by atoms with van der Waals surface area (Å²) in [5.41, 5.74) is -0.343. The molecule has 0 saturated carbocycles. The lowest BCUT2D eigenvalue weighted by Gasteiger charge is -2.25. The number of rotatable bonds is 4. The van der Waals surface area contributed by atoms with E-state index in [-0.39, 0.29) is 5.57 Å². The van der Waals surface area contributed by atoms with Crippen molar-refractivity contribution < 1.29 is 17.9 Å². The molecule has 0 spiro atoms. The second-order valence-corrected chi connectivity index (χ2v) is 4.12. The van der Waals surface area contributed by atoms with Crippen molar-refractivity contribution in [3.63, 3.8) is 0 Å². The third-order valence-corrected chi connectivity index (χ3v) is 2.47. The van der Waals surface area contributed by atoms with Gasteiger partial charge in [-0.2, -0.15) is 13.2 Å². The van der Waals surface area contributed by atoms with Crippen LogP contribution in [-0.2, 0) is 4.74 Å². The van der Waals surface area contributed by atoms with Gasteiger partial charge in [0.05, 0.1) is 5.57 Å². The highest BCUT2D eigenvalue weighted by Crippen LogP contribution is 2.34. The number of nitrogens with one attached hydrogen (secondary N) is 1. The summed E-state index contributed by atoms with van der Waals surface area (Å²) < 4.78 is 43.3. The highest BCUT2D eigenvalue weighted by atomic mass is 19.4. The molecule has 0 bridgehead atoms. The molecule has 0 amide bonds. The predicted molar refractivity (Wildman–Crippen MR) is 59.3 cm³/mol. The van der Waals surface area contributed by atoms with E-state index in [4.69, 9.17) is 4.74 Å². The van der Waals surface area contributed by atoms with E-state index in [0.717, 1.165) is 6.08 Å². The zero-order valence-electron chi connectivity index (χ0n) is 10.1. The Balaban J connectivity index is 2.82. The van der Waals surface area contributed by atoms with Crippen molar-refractivity contribution in [3.05, 3.63) is 23.4 Å². The molecule has 3 nitrogen and oxygen atoms in total. The van der Waals surface area contributed by atoms with Crippen molar-refractivity contribution in [1.29, 1.82) is 0 Å². The molecule has 1 rings (SSSR count). The Kier molecular flexibility index (Phi) is 4.59. The maximum Gasteiger partial charge on any atom is 0.416 e. The summed E-state index contributed by atoms with van der Waals surface area (Å²) in [6, 6.07) is 0. The molecule has 17 heavy (non-hydrogen) atoms. The van der Waals surface area contributed by atoms with Crippen molar-refractivity contribution >= 4 is 0 Å². The fourth-order valence-corrected chi connectivity index (χ4v) is 1.53. The molecular weight excluding hydrogens is 233 g/mol. The predicted octanol–water partition coefficient (Wildman–Crippen LogP) is 1.89. The molecule has 0 radical (unpaired) electrons. The number of methoxy groups -OCH3 is 1. The fraction of sp³-hybridized carbons (Fsp3) is 0.636. The maximum atomic E-state index is 12.8. The molecule has 0 aromatic carbocycles. The van der Waals surface area contributed by atoms with Gasteiger partial charge in [0.1, 0.15) is 6.23 Å². The van der Waals surface area contributed by atoms with E-state index in [9.17, 15) is 13.2 Å². The van der Waals surface area contributed by atoms with Crippen LogP contribution in [0.4, 0.5) is 13.2 Å². The molecule has 0 aromatic heterocycles. The van der Waals surface area contributed by atoms with Gasteiger partial charge < -0.3 is 15.0 Å². The molecule has 98 valence electrons. The smallest absolute Gasteiger partial charge is 0.363 e. The summed E-state index contributed by atoms with van der Waals surface area (Å²) in [6.07, 6.45) is -2.24. The van der Waals surface area contributed by atoms with Gasteiger partial charge in [-0.1, -0.05) is 0 Å². The lowest BCUT2D eigenvalue weighted by atomic mass is 10.00. The van der Waals surface area contributed by atoms with Gasteiger partial charge in [0.2, 0.25) is 0 Å². The first-order chi connectivity index (χ1) is 7.84. The van der Waals surface area contributed by atoms with Crippen LogP contribution >= 0.6 is 0 Å². The second kappa shape index (κ2) is 5.55. The third kappa shape index (κ3) is 4.05. The normalized spacial score (nSPS) is 21.0. The largest absolute Gasteiger partial charge is 0.416 e. The first kappa shape index (κ1) is 14.1. The minimum atomic E-state index is -4.34. The summed E-state index contributed by atoms with van der Waals surface area (Å²) in [5.74, 6) is 0. The molecule has 1 heterocycles. The quantitative estimate of drug-likeness (QED) is 0.824. The number of hydrogen-bond donors (Lipinski definition) is 1. The maximum absolute atomic E-state index is 12.8. The molecule has 1 aliphatic heterocycles. The SMILES string of the molecule is COC1C=C(C(F)(F)F)C(CCN(C)C)=CN1. The molecule has 6 heteroatoms. The number of hydrogen-bond acceptors (Lipinski definition) is 3. The van der Waals surface area contributed by atoms with Crippen molar-refractivity contribution in [2.24, 2.45) is 0 Å². The highest BCUT2D eigenvalue weighted by molar-refractivity contribution is 5.38. The van der Waals surface area contributed by atoms with Crippen LogP contribution in [0.2, 0.25) is 0 Å². The Hall–Kier alpha value is -1.01. The van der Waals surface area contributed by atoms with Gasteiger partial charge in [0.15, 0.2) is 0 Å². The number of dihydropyridines is 1. The van der Waals surface area contributed by atoms with Crippen LogP contribution < -0.4 is 5.32 Å². The monoisotopic (exact) mass is 250 g/mol. The van der Waals surface area contributed by atoms with Gasteiger partial charge in [-0.15, -0.1) is 0 Å². The second-order valence-electron chi connectivity index (χ2n) is 4.12. The van der Waals surface area contributed by atoms with E-state index >= 15 is 0 Å². The number of halogens is 3. The Morgan fingerprint density at radius 2 is 2.06 bits per heavy atom. The van der Waals surface area contributed by atoms with Gasteiger partial charge in [-0.25, -0.2) is 0 Å². The lowest BCUT2D eigenvalue weighted by Crippen LogP contribution is -2.32. The molecule has 0 saturated heterocycles. The topological polar surface area (TPSA) is 24.5 Å². The minimum absolute atomic E-state index is 0.263. The Morgan fingerprint density at radius 1 is 1.41 bits per heavy atom. The van der Waals surface area contributed by atoms with Gasteiger partial charge in [-0.3, -0.25) is 0 Å². The van der Waals surface area contributed by atoms with E-state index in [0.29, 0.717) is 13.0 Å². The summed E-state index contributed by atoms with van der Waals surface area (Å²) in [6.45, 7) is 0.568. The van der Waals surface area contributed by atoms with Crippen molar-refractivity contribution in [2.45, 2.75) is 18.8 Å². The minimum Gasteiger partial charge on any atom is -0.363 e. The van der Waals surface area contributed by atoms with Gasteiger partial charge in [0, 0.05) is 19.9 Å². The van der Waals surface area contributed by atoms with Crippen LogP contribution in [0.3, 0.4) is 0 Å². The zero-order chi connectivity index (χ0) is 13.1. The van der Waals surface area contributed by atoms with Crippen LogP contribution in [0.5, 0.6) is 0 Å². The number of allylic oxidation sites excluding steroid dienone is 1. The summed E-state index contributed by atoms with van der Waals surface area (Å²) in [5, 5.41) is 2.77. The van der Waals surface area contributed by atoms with Crippen molar-refractivity contribution in [2.75, 3.05) is 27.7 Å². The summed E-state index contributed by atoms with van der Waals surface area (Å²) in [4.78, 5) is 1.84. The molecule has 0 fully saturated rings. The first-order valence-corrected chi connectivity index (χ1v) is 5.26. The first-order valence-electron chi connectivity index (χ1n) is 5.26. The molecule has 1 N–H and O–H groups in total. The van der Waals surface area contributed by atoms with E-state index < -0.39 is 18.0 Å². The molecule has 1 atom stereocenters. The summed E-state index contributed by atoms with van der Waals surface area (Å²) in [7, 11) is 5.01. The molecule has 0 aliphatic carbocycles. The average molecular weight is 250 g/mol. The number of nitrogens with zero attached hydrogens (tertiary/aromatic N) is 1. The standard InChI is InChI=1S/C11H17F3N2O/c1-16(2)5-4-8-7-15-10(17-3)6-9(8)11(12,13)14/h6-7,10,15H,4-5H2,1-3H3. The average Bonchev–Trinajstić information content (AvgIpc) is 2.24.